The van der Waals surface area contributed by atoms with Gasteiger partial charge in [-0.05, 0) is 57.9 Å². The van der Waals surface area contributed by atoms with Crippen LogP contribution in [0.4, 0.5) is 0 Å². The van der Waals surface area contributed by atoms with Gasteiger partial charge in [0.1, 0.15) is 6.07 Å². The Kier molecular flexibility index (Phi) is 5.33. The van der Waals surface area contributed by atoms with Gasteiger partial charge in [0.05, 0.1) is 22.3 Å². The van der Waals surface area contributed by atoms with E-state index in [9.17, 15) is 5.26 Å². The fourth-order valence-corrected chi connectivity index (χ4v) is 4.92. The van der Waals surface area contributed by atoms with Gasteiger partial charge in [-0.15, -0.1) is 0 Å². The molecule has 2 heteroatoms. The van der Waals surface area contributed by atoms with E-state index in [0.717, 1.165) is 27.8 Å². The lowest BCUT2D eigenvalue weighted by molar-refractivity contribution is 0.590. The van der Waals surface area contributed by atoms with E-state index >= 15 is 0 Å². The molecule has 0 spiro atoms. The van der Waals surface area contributed by atoms with Crippen LogP contribution in [-0.4, -0.2) is 4.57 Å². The summed E-state index contributed by atoms with van der Waals surface area (Å²) >= 11 is 0. The molecule has 0 fully saturated rings. The second kappa shape index (κ2) is 8.14. The van der Waals surface area contributed by atoms with Gasteiger partial charge in [0, 0.05) is 16.3 Å². The fourth-order valence-electron chi connectivity index (χ4n) is 4.92. The third kappa shape index (κ3) is 3.92. The minimum atomic E-state index is 0.0509. The van der Waals surface area contributed by atoms with Crippen molar-refractivity contribution in [3.05, 3.63) is 102 Å². The van der Waals surface area contributed by atoms with Crippen LogP contribution in [0.25, 0.3) is 38.6 Å². The molecule has 4 aromatic carbocycles. The highest BCUT2D eigenvalue weighted by atomic mass is 15.0. The first kappa shape index (κ1) is 22.9. The Morgan fingerprint density at radius 2 is 1.17 bits per heavy atom. The highest BCUT2D eigenvalue weighted by Gasteiger charge is 2.22. The number of aromatic nitrogens is 1. The highest BCUT2D eigenvalue weighted by Crippen LogP contribution is 2.39. The first-order chi connectivity index (χ1) is 16.6. The van der Waals surface area contributed by atoms with Crippen molar-refractivity contribution < 1.29 is 0 Å². The van der Waals surface area contributed by atoms with E-state index < -0.39 is 0 Å². The predicted molar refractivity (Wildman–Crippen MR) is 148 cm³/mol. The van der Waals surface area contributed by atoms with Crippen molar-refractivity contribution in [3.8, 4) is 22.9 Å². The lowest BCUT2D eigenvalue weighted by Gasteiger charge is -2.19. The summed E-state index contributed by atoms with van der Waals surface area (Å²) in [6, 6.07) is 32.5. The van der Waals surface area contributed by atoms with Gasteiger partial charge in [-0.1, -0.05) is 96.1 Å². The highest BCUT2D eigenvalue weighted by molar-refractivity contribution is 6.10. The van der Waals surface area contributed by atoms with Crippen LogP contribution in [0.2, 0.25) is 0 Å². The maximum Gasteiger partial charge on any atom is 0.102 e. The van der Waals surface area contributed by atoms with E-state index in [1.807, 2.05) is 24.3 Å². The largest absolute Gasteiger partial charge is 0.308 e. The molecule has 174 valence electrons. The molecule has 1 aromatic heterocycles. The standard InChI is InChI=1S/C33H32N2/c1-32(2,3)23-15-17-30-26(19-23)27-20-24(33(4,5)6)16-18-31(27)35(30)29-14-10-13-25(28(29)21-34)22-11-8-7-9-12-22/h7-20H,1-6H3. The Morgan fingerprint density at radius 1 is 0.629 bits per heavy atom. The zero-order valence-corrected chi connectivity index (χ0v) is 21.5. The molecule has 5 rings (SSSR count). The summed E-state index contributed by atoms with van der Waals surface area (Å²) in [6.07, 6.45) is 0. The SMILES string of the molecule is CC(C)(C)c1ccc2c(c1)c1cc(C(C)(C)C)ccc1n2-c1cccc(-c2ccccc2)c1C#N. The second-order valence-electron chi connectivity index (χ2n) is 11.5. The number of hydrogen-bond donors (Lipinski definition) is 0. The van der Waals surface area contributed by atoms with Crippen LogP contribution in [0, 0.1) is 11.3 Å². The molecule has 0 aliphatic heterocycles. The first-order valence-corrected chi connectivity index (χ1v) is 12.3. The molecule has 1 heterocycles. The number of rotatable bonds is 2. The Labute approximate surface area is 208 Å². The molecule has 5 aromatic rings. The lowest BCUT2D eigenvalue weighted by Crippen LogP contribution is -2.10. The molecule has 0 saturated carbocycles. The van der Waals surface area contributed by atoms with Crippen LogP contribution in [0.1, 0.15) is 58.2 Å². The molecule has 35 heavy (non-hydrogen) atoms. The number of fused-ring (bicyclic) bond motifs is 3. The smallest absolute Gasteiger partial charge is 0.102 e. The summed E-state index contributed by atoms with van der Waals surface area (Å²) in [7, 11) is 0. The quantitative estimate of drug-likeness (QED) is 0.261. The van der Waals surface area contributed by atoms with E-state index in [0.29, 0.717) is 5.56 Å². The van der Waals surface area contributed by atoms with Gasteiger partial charge >= 0.3 is 0 Å². The topological polar surface area (TPSA) is 28.7 Å². The van der Waals surface area contributed by atoms with Crippen LogP contribution in [0.15, 0.2) is 84.9 Å². The van der Waals surface area contributed by atoms with Gasteiger partial charge in [-0.3, -0.25) is 0 Å². The zero-order valence-electron chi connectivity index (χ0n) is 21.5. The normalized spacial score (nSPS) is 12.3. The van der Waals surface area contributed by atoms with Crippen molar-refractivity contribution in [2.24, 2.45) is 0 Å². The number of nitriles is 1. The van der Waals surface area contributed by atoms with Crippen molar-refractivity contribution in [2.75, 3.05) is 0 Å². The van der Waals surface area contributed by atoms with Crippen LogP contribution >= 0.6 is 0 Å². The van der Waals surface area contributed by atoms with E-state index in [4.69, 9.17) is 0 Å². The van der Waals surface area contributed by atoms with Crippen molar-refractivity contribution >= 4 is 21.8 Å². The third-order valence-electron chi connectivity index (χ3n) is 6.98. The summed E-state index contributed by atoms with van der Waals surface area (Å²) in [4.78, 5) is 0. The summed E-state index contributed by atoms with van der Waals surface area (Å²) in [6.45, 7) is 13.5. The van der Waals surface area contributed by atoms with Crippen molar-refractivity contribution in [1.29, 1.82) is 5.26 Å². The Bertz CT molecular complexity index is 1530. The second-order valence-corrected chi connectivity index (χ2v) is 11.5. The monoisotopic (exact) mass is 456 g/mol. The molecule has 0 N–H and O–H groups in total. The number of hydrogen-bond acceptors (Lipinski definition) is 1. The van der Waals surface area contributed by atoms with Crippen molar-refractivity contribution in [2.45, 2.75) is 52.4 Å². The van der Waals surface area contributed by atoms with Crippen LogP contribution < -0.4 is 0 Å². The Morgan fingerprint density at radius 3 is 1.66 bits per heavy atom. The molecule has 0 bridgehead atoms. The molecular formula is C33H32N2. The van der Waals surface area contributed by atoms with Gasteiger partial charge in [-0.25, -0.2) is 0 Å². The van der Waals surface area contributed by atoms with Gasteiger partial charge < -0.3 is 4.57 Å². The average molecular weight is 457 g/mol. The molecule has 0 aliphatic carbocycles. The summed E-state index contributed by atoms with van der Waals surface area (Å²) < 4.78 is 2.27. The molecule has 0 amide bonds. The number of nitrogens with zero attached hydrogens (tertiary/aromatic N) is 2. The van der Waals surface area contributed by atoms with Crippen molar-refractivity contribution in [1.82, 2.24) is 4.57 Å². The van der Waals surface area contributed by atoms with Crippen LogP contribution in [0.5, 0.6) is 0 Å². The summed E-state index contributed by atoms with van der Waals surface area (Å²) in [5, 5.41) is 12.8. The minimum Gasteiger partial charge on any atom is -0.308 e. The van der Waals surface area contributed by atoms with Crippen LogP contribution in [-0.2, 0) is 10.8 Å². The lowest BCUT2D eigenvalue weighted by atomic mass is 9.85. The van der Waals surface area contributed by atoms with E-state index in [1.165, 1.54) is 21.9 Å². The Balaban J connectivity index is 1.89. The average Bonchev–Trinajstić information content (AvgIpc) is 3.16. The molecule has 0 saturated heterocycles. The third-order valence-corrected chi connectivity index (χ3v) is 6.98. The summed E-state index contributed by atoms with van der Waals surface area (Å²) in [5.74, 6) is 0. The molecule has 0 atom stereocenters. The van der Waals surface area contributed by atoms with Gasteiger partial charge in [0.2, 0.25) is 0 Å². The summed E-state index contributed by atoms with van der Waals surface area (Å²) in [5.41, 5.74) is 8.59. The van der Waals surface area contributed by atoms with Gasteiger partial charge in [0.25, 0.3) is 0 Å². The predicted octanol–water partition coefficient (Wildman–Crippen LogP) is 8.92. The maximum atomic E-state index is 10.3. The zero-order chi connectivity index (χ0) is 25.0. The van der Waals surface area contributed by atoms with E-state index in [1.54, 1.807) is 0 Å². The molecular weight excluding hydrogens is 424 g/mol. The van der Waals surface area contributed by atoms with Gasteiger partial charge in [0.15, 0.2) is 0 Å². The van der Waals surface area contributed by atoms with E-state index in [-0.39, 0.29) is 10.8 Å². The minimum absolute atomic E-state index is 0.0509. The number of benzene rings is 4. The van der Waals surface area contributed by atoms with Crippen molar-refractivity contribution in [3.63, 3.8) is 0 Å². The fraction of sp³-hybridized carbons (Fsp3) is 0.242. The maximum absolute atomic E-state index is 10.3. The van der Waals surface area contributed by atoms with E-state index in [2.05, 4.69) is 113 Å². The molecule has 2 nitrogen and oxygen atoms in total. The first-order valence-electron chi connectivity index (χ1n) is 12.3. The van der Waals surface area contributed by atoms with Gasteiger partial charge in [-0.2, -0.15) is 5.26 Å². The molecule has 0 unspecified atom stereocenters. The Hall–Kier alpha value is -3.83. The van der Waals surface area contributed by atoms with Crippen LogP contribution in [0.3, 0.4) is 0 Å². The molecule has 0 radical (unpaired) electrons. The molecule has 0 aliphatic rings.